The van der Waals surface area contributed by atoms with Crippen LogP contribution in [0.1, 0.15) is 39.0 Å². The van der Waals surface area contributed by atoms with Crippen molar-refractivity contribution in [1.82, 2.24) is 5.32 Å². The van der Waals surface area contributed by atoms with E-state index >= 15 is 0 Å². The minimum Gasteiger partial charge on any atom is -0.297 e. The Balaban J connectivity index is 1.77. The summed E-state index contributed by atoms with van der Waals surface area (Å²) in [5, 5.41) is 13.0. The molecule has 1 saturated carbocycles. The first-order chi connectivity index (χ1) is 9.67. The molecule has 0 radical (unpaired) electrons. The molecule has 0 saturated heterocycles. The highest BCUT2D eigenvalue weighted by molar-refractivity contribution is 9.10. The van der Waals surface area contributed by atoms with Crippen LogP contribution in [0.2, 0.25) is 0 Å². The molecule has 1 fully saturated rings. The highest BCUT2D eigenvalue weighted by atomic mass is 79.9. The number of nitriles is 1. The van der Waals surface area contributed by atoms with Crippen molar-refractivity contribution >= 4 is 27.7 Å². The standard InChI is InChI=1S/C16H21BrN2S/c1-2-16(12-18,19-14-7-8-14)9-4-10-20-15-6-3-5-13(17)11-15/h3,5-6,11,14,19H,2,4,7-10H2,1H3. The van der Waals surface area contributed by atoms with Crippen molar-refractivity contribution in [2.24, 2.45) is 0 Å². The lowest BCUT2D eigenvalue weighted by atomic mass is 9.92. The van der Waals surface area contributed by atoms with E-state index < -0.39 is 0 Å². The van der Waals surface area contributed by atoms with E-state index in [1.54, 1.807) is 0 Å². The molecule has 0 aromatic heterocycles. The highest BCUT2D eigenvalue weighted by Gasteiger charge is 2.34. The molecule has 0 heterocycles. The van der Waals surface area contributed by atoms with Gasteiger partial charge < -0.3 is 0 Å². The average Bonchev–Trinajstić information content (AvgIpc) is 3.26. The van der Waals surface area contributed by atoms with E-state index in [9.17, 15) is 5.26 Å². The molecule has 0 spiro atoms. The highest BCUT2D eigenvalue weighted by Crippen LogP contribution is 2.28. The van der Waals surface area contributed by atoms with Crippen LogP contribution in [-0.4, -0.2) is 17.3 Å². The summed E-state index contributed by atoms with van der Waals surface area (Å²) in [6.45, 7) is 2.11. The van der Waals surface area contributed by atoms with Crippen LogP contribution in [0.3, 0.4) is 0 Å². The Labute approximate surface area is 134 Å². The van der Waals surface area contributed by atoms with E-state index in [0.29, 0.717) is 6.04 Å². The van der Waals surface area contributed by atoms with Crippen LogP contribution in [0, 0.1) is 11.3 Å². The molecule has 1 aliphatic carbocycles. The molecule has 2 rings (SSSR count). The number of hydrogen-bond donors (Lipinski definition) is 1. The second-order valence-electron chi connectivity index (χ2n) is 5.38. The van der Waals surface area contributed by atoms with Gasteiger partial charge in [-0.1, -0.05) is 28.9 Å². The van der Waals surface area contributed by atoms with Crippen molar-refractivity contribution in [3.8, 4) is 6.07 Å². The number of rotatable bonds is 8. The van der Waals surface area contributed by atoms with Crippen molar-refractivity contribution in [2.75, 3.05) is 5.75 Å². The summed E-state index contributed by atoms with van der Waals surface area (Å²) in [5.74, 6) is 1.06. The Morgan fingerprint density at radius 2 is 2.30 bits per heavy atom. The molecule has 1 atom stereocenters. The zero-order valence-electron chi connectivity index (χ0n) is 11.9. The predicted molar refractivity (Wildman–Crippen MR) is 88.9 cm³/mol. The topological polar surface area (TPSA) is 35.8 Å². The first kappa shape index (κ1) is 15.9. The summed E-state index contributed by atoms with van der Waals surface area (Å²) < 4.78 is 1.12. The fraction of sp³-hybridized carbons (Fsp3) is 0.562. The van der Waals surface area contributed by atoms with Gasteiger partial charge in [-0.05, 0) is 56.1 Å². The quantitative estimate of drug-likeness (QED) is 0.541. The van der Waals surface area contributed by atoms with Gasteiger partial charge in [-0.15, -0.1) is 11.8 Å². The second kappa shape index (κ2) is 7.49. The summed E-state index contributed by atoms with van der Waals surface area (Å²) in [6.07, 6.45) is 5.36. The zero-order chi connectivity index (χ0) is 14.4. The monoisotopic (exact) mass is 352 g/mol. The van der Waals surface area contributed by atoms with E-state index in [2.05, 4.69) is 52.4 Å². The van der Waals surface area contributed by atoms with Gasteiger partial charge in [0.05, 0.1) is 6.07 Å². The number of thioether (sulfide) groups is 1. The van der Waals surface area contributed by atoms with Crippen molar-refractivity contribution < 1.29 is 0 Å². The van der Waals surface area contributed by atoms with Gasteiger partial charge in [0, 0.05) is 15.4 Å². The van der Waals surface area contributed by atoms with Gasteiger partial charge in [-0.2, -0.15) is 5.26 Å². The van der Waals surface area contributed by atoms with Gasteiger partial charge in [0.2, 0.25) is 0 Å². The Hall–Kier alpha value is -0.500. The molecule has 108 valence electrons. The molecule has 1 aromatic rings. The summed E-state index contributed by atoms with van der Waals surface area (Å²) in [4.78, 5) is 1.29. The number of benzene rings is 1. The third-order valence-electron chi connectivity index (χ3n) is 3.69. The normalized spacial score (nSPS) is 17.4. The lowest BCUT2D eigenvalue weighted by molar-refractivity contribution is 0.367. The lowest BCUT2D eigenvalue weighted by Crippen LogP contribution is -2.44. The third kappa shape index (κ3) is 4.80. The zero-order valence-corrected chi connectivity index (χ0v) is 14.3. The molecule has 20 heavy (non-hydrogen) atoms. The summed E-state index contributed by atoms with van der Waals surface area (Å²) in [6, 6.07) is 11.5. The van der Waals surface area contributed by atoms with E-state index in [4.69, 9.17) is 0 Å². The van der Waals surface area contributed by atoms with E-state index in [1.807, 2.05) is 17.8 Å². The van der Waals surface area contributed by atoms with Crippen LogP contribution in [0.4, 0.5) is 0 Å². The molecule has 0 amide bonds. The summed E-state index contributed by atoms with van der Waals surface area (Å²) in [5.41, 5.74) is -0.307. The van der Waals surface area contributed by atoms with Gasteiger partial charge in [0.15, 0.2) is 0 Å². The molecule has 1 aromatic carbocycles. The minimum absolute atomic E-state index is 0.307. The first-order valence-electron chi connectivity index (χ1n) is 7.25. The molecule has 1 aliphatic rings. The molecule has 1 unspecified atom stereocenters. The van der Waals surface area contributed by atoms with Gasteiger partial charge in [-0.3, -0.25) is 5.32 Å². The van der Waals surface area contributed by atoms with Gasteiger partial charge in [0.1, 0.15) is 5.54 Å². The number of hydrogen-bond acceptors (Lipinski definition) is 3. The maximum Gasteiger partial charge on any atom is 0.106 e. The van der Waals surface area contributed by atoms with Crippen LogP contribution in [0.15, 0.2) is 33.6 Å². The Bertz CT molecular complexity index is 482. The lowest BCUT2D eigenvalue weighted by Gasteiger charge is -2.26. The molecule has 1 N–H and O–H groups in total. The fourth-order valence-corrected chi connectivity index (χ4v) is 3.72. The molecule has 0 bridgehead atoms. The summed E-state index contributed by atoms with van der Waals surface area (Å²) in [7, 11) is 0. The van der Waals surface area contributed by atoms with E-state index in [-0.39, 0.29) is 5.54 Å². The number of halogens is 1. The van der Waals surface area contributed by atoms with Crippen LogP contribution in [0.5, 0.6) is 0 Å². The number of nitrogens with zero attached hydrogens (tertiary/aromatic N) is 1. The largest absolute Gasteiger partial charge is 0.297 e. The van der Waals surface area contributed by atoms with Crippen LogP contribution in [0.25, 0.3) is 0 Å². The molecule has 0 aliphatic heterocycles. The van der Waals surface area contributed by atoms with Gasteiger partial charge in [-0.25, -0.2) is 0 Å². The fourth-order valence-electron chi connectivity index (χ4n) is 2.26. The van der Waals surface area contributed by atoms with Crippen LogP contribution in [-0.2, 0) is 0 Å². The smallest absolute Gasteiger partial charge is 0.106 e. The first-order valence-corrected chi connectivity index (χ1v) is 9.02. The second-order valence-corrected chi connectivity index (χ2v) is 7.46. The molecular formula is C16H21BrN2S. The summed E-state index contributed by atoms with van der Waals surface area (Å²) >= 11 is 5.36. The van der Waals surface area contributed by atoms with E-state index in [1.165, 1.54) is 17.7 Å². The number of nitrogens with one attached hydrogen (secondary N) is 1. The van der Waals surface area contributed by atoms with Crippen molar-refractivity contribution in [1.29, 1.82) is 5.26 Å². The van der Waals surface area contributed by atoms with Gasteiger partial charge in [0.25, 0.3) is 0 Å². The van der Waals surface area contributed by atoms with Crippen LogP contribution < -0.4 is 5.32 Å². The minimum atomic E-state index is -0.307. The molecular weight excluding hydrogens is 332 g/mol. The van der Waals surface area contributed by atoms with Crippen molar-refractivity contribution in [2.45, 2.75) is 55.5 Å². The molecule has 2 nitrogen and oxygen atoms in total. The third-order valence-corrected chi connectivity index (χ3v) is 5.26. The average molecular weight is 353 g/mol. The molecule has 4 heteroatoms. The Morgan fingerprint density at radius 3 is 2.90 bits per heavy atom. The SMILES string of the molecule is CCC(C#N)(CCCSc1cccc(Br)c1)NC1CC1. The predicted octanol–water partition coefficient (Wildman–Crippen LogP) is 4.75. The van der Waals surface area contributed by atoms with Crippen molar-refractivity contribution in [3.05, 3.63) is 28.7 Å². The van der Waals surface area contributed by atoms with Gasteiger partial charge >= 0.3 is 0 Å². The Morgan fingerprint density at radius 1 is 1.50 bits per heavy atom. The van der Waals surface area contributed by atoms with E-state index in [0.717, 1.165) is 29.5 Å². The Kier molecular flexibility index (Phi) is 5.95. The van der Waals surface area contributed by atoms with Crippen molar-refractivity contribution in [3.63, 3.8) is 0 Å². The maximum absolute atomic E-state index is 9.48. The maximum atomic E-state index is 9.48. The van der Waals surface area contributed by atoms with Crippen LogP contribution >= 0.6 is 27.7 Å².